The maximum Gasteiger partial charge on any atom is 0.110 e. The lowest BCUT2D eigenvalue weighted by atomic mass is 9.88. The van der Waals surface area contributed by atoms with E-state index in [0.29, 0.717) is 0 Å². The van der Waals surface area contributed by atoms with Gasteiger partial charge in [-0.15, -0.1) is 0 Å². The van der Waals surface area contributed by atoms with Gasteiger partial charge in [-0.2, -0.15) is 0 Å². The van der Waals surface area contributed by atoms with Gasteiger partial charge in [0.15, 0.2) is 0 Å². The molecule has 66 valence electrons. The van der Waals surface area contributed by atoms with E-state index < -0.39 is 5.67 Å². The second-order valence-corrected chi connectivity index (χ2v) is 4.40. The van der Waals surface area contributed by atoms with Crippen molar-refractivity contribution in [1.82, 2.24) is 0 Å². The van der Waals surface area contributed by atoms with Crippen LogP contribution in [0, 0.1) is 11.8 Å². The van der Waals surface area contributed by atoms with Crippen molar-refractivity contribution in [1.29, 1.82) is 0 Å². The van der Waals surface area contributed by atoms with E-state index >= 15 is 0 Å². The average molecular weight is 158 g/mol. The molecule has 0 aliphatic heterocycles. The van der Waals surface area contributed by atoms with Crippen LogP contribution in [0.2, 0.25) is 0 Å². The second-order valence-electron chi connectivity index (χ2n) is 4.40. The number of alkyl halides is 1. The van der Waals surface area contributed by atoms with Crippen molar-refractivity contribution < 1.29 is 4.39 Å². The normalized spacial score (nSPS) is 46.9. The van der Waals surface area contributed by atoms with E-state index in [9.17, 15) is 4.39 Å². The molecule has 0 amide bonds. The highest BCUT2D eigenvalue weighted by Gasteiger charge is 2.33. The van der Waals surface area contributed by atoms with E-state index in [4.69, 9.17) is 0 Å². The van der Waals surface area contributed by atoms with Gasteiger partial charge < -0.3 is 0 Å². The Balaban J connectivity index is 2.56. The van der Waals surface area contributed by atoms with Crippen LogP contribution in [-0.2, 0) is 0 Å². The van der Waals surface area contributed by atoms with Gasteiger partial charge in [0.2, 0.25) is 0 Å². The molecule has 1 fully saturated rings. The van der Waals surface area contributed by atoms with Crippen LogP contribution >= 0.6 is 0 Å². The first-order chi connectivity index (χ1) is 5.02. The molecule has 0 bridgehead atoms. The predicted molar refractivity (Wildman–Crippen MR) is 46.3 cm³/mol. The first-order valence-electron chi connectivity index (χ1n) is 4.71. The molecule has 0 heterocycles. The molecule has 1 aliphatic carbocycles. The van der Waals surface area contributed by atoms with Crippen LogP contribution in [0.25, 0.3) is 0 Å². The third-order valence-corrected chi connectivity index (χ3v) is 3.25. The van der Waals surface area contributed by atoms with E-state index in [-0.39, 0.29) is 5.92 Å². The molecule has 0 aromatic heterocycles. The van der Waals surface area contributed by atoms with Gasteiger partial charge in [-0.05, 0) is 38.0 Å². The molecule has 1 aliphatic rings. The molecule has 0 N–H and O–H groups in total. The smallest absolute Gasteiger partial charge is 0.110 e. The Bertz CT molecular complexity index is 129. The van der Waals surface area contributed by atoms with Gasteiger partial charge in [0.1, 0.15) is 5.67 Å². The Morgan fingerprint density at radius 3 is 2.45 bits per heavy atom. The largest absolute Gasteiger partial charge is 0.244 e. The molecule has 1 saturated carbocycles. The monoisotopic (exact) mass is 158 g/mol. The quantitative estimate of drug-likeness (QED) is 0.473. The van der Waals surface area contributed by atoms with Crippen LogP contribution in [0.4, 0.5) is 4.39 Å². The minimum Gasteiger partial charge on any atom is -0.244 e. The van der Waals surface area contributed by atoms with Crippen LogP contribution in [0.3, 0.4) is 0 Å². The Morgan fingerprint density at radius 1 is 1.18 bits per heavy atom. The Kier molecular flexibility index (Phi) is 2.56. The molecule has 0 aromatic carbocycles. The molecule has 1 heteroatoms. The number of rotatable bonds is 0. The van der Waals surface area contributed by atoms with Crippen molar-refractivity contribution in [3.05, 3.63) is 0 Å². The van der Waals surface area contributed by atoms with Crippen molar-refractivity contribution in [2.24, 2.45) is 11.8 Å². The van der Waals surface area contributed by atoms with E-state index in [1.165, 1.54) is 6.42 Å². The van der Waals surface area contributed by atoms with Gasteiger partial charge in [-0.1, -0.05) is 20.3 Å². The molecule has 0 aromatic rings. The minimum atomic E-state index is -0.898. The molecular formula is C10H19F. The van der Waals surface area contributed by atoms with Gasteiger partial charge in [0.25, 0.3) is 0 Å². The average Bonchev–Trinajstić information content (AvgIpc) is 2.03. The van der Waals surface area contributed by atoms with Gasteiger partial charge in [0.05, 0.1) is 0 Å². The third-order valence-electron chi connectivity index (χ3n) is 3.25. The zero-order valence-corrected chi connectivity index (χ0v) is 7.86. The SMILES string of the molecule is CC1CC[C@@H](C)[C@@](C)(F)CC1. The standard InChI is InChI=1S/C10H19F/c1-8-4-5-9(2)10(3,11)7-6-8/h8-9H,4-7H2,1-3H3/t8?,9-,10+/m1/s1. The molecule has 11 heavy (non-hydrogen) atoms. The molecule has 0 nitrogen and oxygen atoms in total. The van der Waals surface area contributed by atoms with Crippen molar-refractivity contribution in [2.45, 2.75) is 52.1 Å². The summed E-state index contributed by atoms with van der Waals surface area (Å²) in [5.74, 6) is 0.988. The van der Waals surface area contributed by atoms with Crippen LogP contribution in [0.5, 0.6) is 0 Å². The van der Waals surface area contributed by atoms with Crippen molar-refractivity contribution in [2.75, 3.05) is 0 Å². The van der Waals surface area contributed by atoms with Gasteiger partial charge in [0, 0.05) is 0 Å². The summed E-state index contributed by atoms with van der Waals surface area (Å²) in [6, 6.07) is 0. The lowest BCUT2D eigenvalue weighted by Crippen LogP contribution is -2.25. The summed E-state index contributed by atoms with van der Waals surface area (Å²) in [5, 5.41) is 0. The van der Waals surface area contributed by atoms with Gasteiger partial charge >= 0.3 is 0 Å². The van der Waals surface area contributed by atoms with Crippen LogP contribution in [0.15, 0.2) is 0 Å². The third kappa shape index (κ3) is 2.18. The minimum absolute atomic E-state index is 0.257. The first kappa shape index (κ1) is 9.02. The Hall–Kier alpha value is -0.0700. The summed E-state index contributed by atoms with van der Waals surface area (Å²) < 4.78 is 13.7. The lowest BCUT2D eigenvalue weighted by Gasteiger charge is -2.24. The Labute approximate surface area is 69.2 Å². The highest BCUT2D eigenvalue weighted by atomic mass is 19.1. The van der Waals surface area contributed by atoms with Crippen LogP contribution < -0.4 is 0 Å². The maximum absolute atomic E-state index is 13.7. The van der Waals surface area contributed by atoms with Crippen molar-refractivity contribution >= 4 is 0 Å². The van der Waals surface area contributed by atoms with Crippen molar-refractivity contribution in [3.63, 3.8) is 0 Å². The van der Waals surface area contributed by atoms with Gasteiger partial charge in [-0.25, -0.2) is 4.39 Å². The summed E-state index contributed by atoms with van der Waals surface area (Å²) in [5.41, 5.74) is -0.898. The summed E-state index contributed by atoms with van der Waals surface area (Å²) in [4.78, 5) is 0. The summed E-state index contributed by atoms with van der Waals surface area (Å²) in [6.07, 6.45) is 4.10. The number of hydrogen-bond donors (Lipinski definition) is 0. The van der Waals surface area contributed by atoms with Crippen LogP contribution in [-0.4, -0.2) is 5.67 Å². The fraction of sp³-hybridized carbons (Fsp3) is 1.00. The first-order valence-corrected chi connectivity index (χ1v) is 4.71. The second kappa shape index (κ2) is 3.12. The fourth-order valence-corrected chi connectivity index (χ4v) is 1.75. The van der Waals surface area contributed by atoms with Crippen LogP contribution in [0.1, 0.15) is 46.5 Å². The maximum atomic E-state index is 13.7. The van der Waals surface area contributed by atoms with E-state index in [1.54, 1.807) is 6.92 Å². The van der Waals surface area contributed by atoms with Crippen molar-refractivity contribution in [3.8, 4) is 0 Å². The van der Waals surface area contributed by atoms with E-state index in [1.807, 2.05) is 6.92 Å². The summed E-state index contributed by atoms with van der Waals surface area (Å²) in [6.45, 7) is 6.03. The highest BCUT2D eigenvalue weighted by Crippen LogP contribution is 2.36. The zero-order chi connectivity index (χ0) is 8.48. The zero-order valence-electron chi connectivity index (χ0n) is 7.86. The summed E-state index contributed by atoms with van der Waals surface area (Å²) in [7, 11) is 0. The Morgan fingerprint density at radius 2 is 1.82 bits per heavy atom. The number of halogens is 1. The van der Waals surface area contributed by atoms with E-state index in [0.717, 1.165) is 25.2 Å². The predicted octanol–water partition coefficient (Wildman–Crippen LogP) is 3.56. The molecular weight excluding hydrogens is 139 g/mol. The van der Waals surface area contributed by atoms with Gasteiger partial charge in [-0.3, -0.25) is 0 Å². The highest BCUT2D eigenvalue weighted by molar-refractivity contribution is 4.83. The fourth-order valence-electron chi connectivity index (χ4n) is 1.75. The number of hydrogen-bond acceptors (Lipinski definition) is 0. The molecule has 0 spiro atoms. The molecule has 3 atom stereocenters. The summed E-state index contributed by atoms with van der Waals surface area (Å²) >= 11 is 0. The molecule has 0 saturated heterocycles. The topological polar surface area (TPSA) is 0 Å². The molecule has 0 radical (unpaired) electrons. The lowest BCUT2D eigenvalue weighted by molar-refractivity contribution is 0.104. The van der Waals surface area contributed by atoms with E-state index in [2.05, 4.69) is 6.92 Å². The molecule has 1 rings (SSSR count). The molecule has 1 unspecified atom stereocenters.